The molecule has 18 heavy (non-hydrogen) atoms. The smallest absolute Gasteiger partial charge is 0.150 e. The monoisotopic (exact) mass is 238 g/mol. The van der Waals surface area contributed by atoms with Gasteiger partial charge in [-0.1, -0.05) is 54.6 Å². The first-order chi connectivity index (χ1) is 8.83. The maximum atomic E-state index is 10.6. The van der Waals surface area contributed by atoms with Crippen molar-refractivity contribution in [3.8, 4) is 0 Å². The lowest BCUT2D eigenvalue weighted by molar-refractivity contribution is 0.112. The van der Waals surface area contributed by atoms with E-state index >= 15 is 0 Å². The van der Waals surface area contributed by atoms with E-state index in [-0.39, 0.29) is 0 Å². The molecular formula is C16H14O2. The Hall–Kier alpha value is -2.35. The number of carbonyl (C=O) groups is 1. The number of rotatable bonds is 4. The van der Waals surface area contributed by atoms with Crippen molar-refractivity contribution in [3.05, 3.63) is 71.3 Å². The summed E-state index contributed by atoms with van der Waals surface area (Å²) >= 11 is 0. The highest BCUT2D eigenvalue weighted by atomic mass is 16.5. The minimum Gasteiger partial charge on any atom is -0.496 e. The lowest BCUT2D eigenvalue weighted by Gasteiger charge is -2.06. The van der Waals surface area contributed by atoms with Crippen LogP contribution in [0.1, 0.15) is 21.5 Å². The summed E-state index contributed by atoms with van der Waals surface area (Å²) < 4.78 is 5.39. The van der Waals surface area contributed by atoms with Gasteiger partial charge in [0.1, 0.15) is 12.0 Å². The number of aldehydes is 1. The second-order valence-corrected chi connectivity index (χ2v) is 3.86. The van der Waals surface area contributed by atoms with Crippen LogP contribution in [0.4, 0.5) is 0 Å². The highest BCUT2D eigenvalue weighted by Gasteiger charge is 2.01. The maximum absolute atomic E-state index is 10.6. The van der Waals surface area contributed by atoms with Gasteiger partial charge in [-0.15, -0.1) is 0 Å². The highest BCUT2D eigenvalue weighted by Crippen LogP contribution is 2.19. The van der Waals surface area contributed by atoms with Gasteiger partial charge >= 0.3 is 0 Å². The molecule has 0 radical (unpaired) electrons. The van der Waals surface area contributed by atoms with Gasteiger partial charge in [0.2, 0.25) is 0 Å². The van der Waals surface area contributed by atoms with Crippen LogP contribution in [0.5, 0.6) is 0 Å². The molecule has 2 aromatic carbocycles. The molecule has 2 heteroatoms. The Balaban J connectivity index is 2.33. The molecule has 0 bridgehead atoms. The number of benzene rings is 2. The van der Waals surface area contributed by atoms with Gasteiger partial charge in [0.15, 0.2) is 0 Å². The van der Waals surface area contributed by atoms with Crippen LogP contribution < -0.4 is 0 Å². The largest absolute Gasteiger partial charge is 0.496 e. The van der Waals surface area contributed by atoms with Gasteiger partial charge in [-0.3, -0.25) is 4.79 Å². The Morgan fingerprint density at radius 2 is 1.61 bits per heavy atom. The Morgan fingerprint density at radius 3 is 2.17 bits per heavy atom. The van der Waals surface area contributed by atoms with Crippen LogP contribution in [0.3, 0.4) is 0 Å². The highest BCUT2D eigenvalue weighted by molar-refractivity contribution is 5.80. The third-order valence-corrected chi connectivity index (χ3v) is 2.65. The van der Waals surface area contributed by atoms with Crippen LogP contribution in [-0.2, 0) is 4.74 Å². The third-order valence-electron chi connectivity index (χ3n) is 2.65. The molecule has 0 aliphatic heterocycles. The molecule has 0 fully saturated rings. The predicted octanol–water partition coefficient (Wildman–Crippen LogP) is 3.64. The fraction of sp³-hybridized carbons (Fsp3) is 0.0625. The molecule has 0 heterocycles. The van der Waals surface area contributed by atoms with Crippen LogP contribution in [0.15, 0.2) is 54.6 Å². The number of hydrogen-bond donors (Lipinski definition) is 0. The topological polar surface area (TPSA) is 26.3 Å². The minimum atomic E-state index is 0.661. The van der Waals surface area contributed by atoms with E-state index in [0.29, 0.717) is 5.56 Å². The van der Waals surface area contributed by atoms with Crippen molar-refractivity contribution >= 4 is 18.1 Å². The lowest BCUT2D eigenvalue weighted by Crippen LogP contribution is -1.88. The first-order valence-electron chi connectivity index (χ1n) is 5.70. The van der Waals surface area contributed by atoms with Crippen LogP contribution >= 0.6 is 0 Å². The molecule has 0 aliphatic rings. The fourth-order valence-electron chi connectivity index (χ4n) is 1.69. The molecule has 0 unspecified atom stereocenters. The minimum absolute atomic E-state index is 0.661. The summed E-state index contributed by atoms with van der Waals surface area (Å²) in [6.45, 7) is 0. The molecule has 2 aromatic rings. The van der Waals surface area contributed by atoms with E-state index in [1.807, 2.05) is 48.5 Å². The van der Waals surface area contributed by atoms with Crippen molar-refractivity contribution in [2.75, 3.05) is 7.11 Å². The van der Waals surface area contributed by atoms with Crippen molar-refractivity contribution < 1.29 is 9.53 Å². The van der Waals surface area contributed by atoms with E-state index in [1.165, 1.54) is 0 Å². The molecule has 90 valence electrons. The quantitative estimate of drug-likeness (QED) is 0.462. The predicted molar refractivity (Wildman–Crippen MR) is 73.2 cm³/mol. The van der Waals surface area contributed by atoms with Gasteiger partial charge in [0.05, 0.1) is 7.11 Å². The van der Waals surface area contributed by atoms with Crippen LogP contribution in [-0.4, -0.2) is 13.4 Å². The fourth-order valence-corrected chi connectivity index (χ4v) is 1.69. The zero-order valence-corrected chi connectivity index (χ0v) is 10.2. The summed E-state index contributed by atoms with van der Waals surface area (Å²) in [7, 11) is 1.64. The van der Waals surface area contributed by atoms with E-state index in [0.717, 1.165) is 23.2 Å². The average molecular weight is 238 g/mol. The molecule has 0 spiro atoms. The van der Waals surface area contributed by atoms with E-state index in [2.05, 4.69) is 0 Å². The second-order valence-electron chi connectivity index (χ2n) is 3.86. The van der Waals surface area contributed by atoms with Crippen LogP contribution in [0, 0.1) is 0 Å². The molecular weight excluding hydrogens is 224 g/mol. The van der Waals surface area contributed by atoms with Crippen molar-refractivity contribution in [1.82, 2.24) is 0 Å². The van der Waals surface area contributed by atoms with Crippen LogP contribution in [0.25, 0.3) is 11.8 Å². The van der Waals surface area contributed by atoms with Gasteiger partial charge in [-0.25, -0.2) is 0 Å². The van der Waals surface area contributed by atoms with Crippen LogP contribution in [0.2, 0.25) is 0 Å². The number of carbonyl (C=O) groups excluding carboxylic acids is 1. The van der Waals surface area contributed by atoms with Gasteiger partial charge in [-0.05, 0) is 11.6 Å². The Kier molecular flexibility index (Phi) is 3.92. The summed E-state index contributed by atoms with van der Waals surface area (Å²) in [5.41, 5.74) is 2.69. The molecule has 0 aromatic heterocycles. The van der Waals surface area contributed by atoms with Gasteiger partial charge in [-0.2, -0.15) is 0 Å². The Bertz CT molecular complexity index is 539. The normalized spacial score (nSPS) is 11.1. The van der Waals surface area contributed by atoms with Crippen molar-refractivity contribution in [2.24, 2.45) is 0 Å². The average Bonchev–Trinajstić information content (AvgIpc) is 2.46. The Morgan fingerprint density at radius 1 is 0.944 bits per heavy atom. The van der Waals surface area contributed by atoms with Crippen molar-refractivity contribution in [1.29, 1.82) is 0 Å². The maximum Gasteiger partial charge on any atom is 0.150 e. The number of ether oxygens (including phenoxy) is 1. The van der Waals surface area contributed by atoms with E-state index in [1.54, 1.807) is 19.2 Å². The first kappa shape index (κ1) is 12.1. The molecule has 0 saturated heterocycles. The SMILES string of the molecule is CO/C(=C\c1ccccc1)c1ccc(C=O)cc1. The summed E-state index contributed by atoms with van der Waals surface area (Å²) in [5.74, 6) is 0.777. The summed E-state index contributed by atoms with van der Waals surface area (Å²) in [4.78, 5) is 10.6. The standard InChI is InChI=1S/C16H14O2/c1-18-16(11-13-5-3-2-4-6-13)15-9-7-14(12-17)8-10-15/h2-12H,1H3/b16-11-. The lowest BCUT2D eigenvalue weighted by atomic mass is 10.1. The van der Waals surface area contributed by atoms with Gasteiger partial charge in [0, 0.05) is 11.1 Å². The van der Waals surface area contributed by atoms with Gasteiger partial charge in [0.25, 0.3) is 0 Å². The molecule has 0 N–H and O–H groups in total. The third kappa shape index (κ3) is 2.86. The first-order valence-corrected chi connectivity index (χ1v) is 5.70. The summed E-state index contributed by atoms with van der Waals surface area (Å²) in [6, 6.07) is 17.3. The van der Waals surface area contributed by atoms with Crippen molar-refractivity contribution in [2.45, 2.75) is 0 Å². The molecule has 0 amide bonds. The van der Waals surface area contributed by atoms with E-state index < -0.39 is 0 Å². The van der Waals surface area contributed by atoms with E-state index in [4.69, 9.17) is 4.74 Å². The zero-order valence-electron chi connectivity index (χ0n) is 10.2. The second kappa shape index (κ2) is 5.82. The van der Waals surface area contributed by atoms with Crippen molar-refractivity contribution in [3.63, 3.8) is 0 Å². The summed E-state index contributed by atoms with van der Waals surface area (Å²) in [5, 5.41) is 0. The molecule has 2 nitrogen and oxygen atoms in total. The molecule has 0 atom stereocenters. The zero-order chi connectivity index (χ0) is 12.8. The molecule has 0 aliphatic carbocycles. The van der Waals surface area contributed by atoms with E-state index in [9.17, 15) is 4.79 Å². The molecule has 2 rings (SSSR count). The summed E-state index contributed by atoms with van der Waals surface area (Å²) in [6.07, 6.45) is 2.80. The number of methoxy groups -OCH3 is 1. The Labute approximate surface area is 107 Å². The van der Waals surface area contributed by atoms with Gasteiger partial charge < -0.3 is 4.74 Å². The number of hydrogen-bond acceptors (Lipinski definition) is 2. The molecule has 0 saturated carbocycles.